The Kier molecular flexibility index (Phi) is 6.80. The van der Waals surface area contributed by atoms with Gasteiger partial charge in [-0.05, 0) is 26.0 Å². The van der Waals surface area contributed by atoms with Crippen LogP contribution in [-0.2, 0) is 11.3 Å². The van der Waals surface area contributed by atoms with Gasteiger partial charge in [0, 0.05) is 38.3 Å². The third-order valence-corrected chi connectivity index (χ3v) is 4.88. The zero-order chi connectivity index (χ0) is 18.2. The van der Waals surface area contributed by atoms with Crippen LogP contribution in [0.5, 0.6) is 0 Å². The van der Waals surface area contributed by atoms with Crippen LogP contribution in [-0.4, -0.2) is 60.8 Å². The first kappa shape index (κ1) is 18.6. The van der Waals surface area contributed by atoms with E-state index in [1.807, 2.05) is 6.07 Å². The number of hydrogen-bond donors (Lipinski definition) is 1. The molecule has 0 radical (unpaired) electrons. The first-order valence-electron chi connectivity index (χ1n) is 9.35. The Morgan fingerprint density at radius 3 is 2.73 bits per heavy atom. The Balaban J connectivity index is 1.45. The molecule has 6 nitrogen and oxygen atoms in total. The first-order valence-corrected chi connectivity index (χ1v) is 9.35. The second-order valence-electron chi connectivity index (χ2n) is 6.83. The number of benzene rings is 1. The highest BCUT2D eigenvalue weighted by Gasteiger charge is 2.13. The molecular weight excluding hydrogens is 326 g/mol. The molecular formula is C20H29N5O. The van der Waals surface area contributed by atoms with Gasteiger partial charge in [-0.3, -0.25) is 4.90 Å². The van der Waals surface area contributed by atoms with Crippen molar-refractivity contribution in [2.24, 2.45) is 0 Å². The number of hydrogen-bond acceptors (Lipinski definition) is 6. The Morgan fingerprint density at radius 1 is 1.19 bits per heavy atom. The number of rotatable bonds is 8. The Labute approximate surface area is 156 Å². The molecule has 1 aliphatic heterocycles. The fraction of sp³-hybridized carbons (Fsp3) is 0.500. The molecule has 1 atom stereocenters. The van der Waals surface area contributed by atoms with Gasteiger partial charge in [-0.25, -0.2) is 9.97 Å². The lowest BCUT2D eigenvalue weighted by Gasteiger charge is -2.28. The third-order valence-electron chi connectivity index (χ3n) is 4.88. The predicted octanol–water partition coefficient (Wildman–Crippen LogP) is 2.64. The van der Waals surface area contributed by atoms with Crippen LogP contribution in [0, 0.1) is 0 Å². The largest absolute Gasteiger partial charge is 0.378 e. The van der Waals surface area contributed by atoms with Crippen molar-refractivity contribution < 1.29 is 4.74 Å². The lowest BCUT2D eigenvalue weighted by molar-refractivity contribution is 0.122. The summed E-state index contributed by atoms with van der Waals surface area (Å²) >= 11 is 0. The molecule has 1 fully saturated rings. The molecule has 1 unspecified atom stereocenters. The van der Waals surface area contributed by atoms with E-state index in [0.29, 0.717) is 6.04 Å². The molecule has 2 aromatic rings. The molecule has 0 aliphatic carbocycles. The smallest absolute Gasteiger partial charge is 0.134 e. The molecule has 1 aromatic heterocycles. The van der Waals surface area contributed by atoms with Crippen LogP contribution in [0.1, 0.15) is 18.9 Å². The van der Waals surface area contributed by atoms with Gasteiger partial charge in [-0.1, -0.05) is 30.3 Å². The van der Waals surface area contributed by atoms with Crippen LogP contribution < -0.4 is 10.2 Å². The lowest BCUT2D eigenvalue weighted by atomic mass is 10.1. The van der Waals surface area contributed by atoms with E-state index >= 15 is 0 Å². The highest BCUT2D eigenvalue weighted by molar-refractivity contribution is 5.48. The summed E-state index contributed by atoms with van der Waals surface area (Å²) < 4.78 is 5.40. The van der Waals surface area contributed by atoms with Crippen molar-refractivity contribution in [3.63, 3.8) is 0 Å². The number of anilines is 2. The fourth-order valence-corrected chi connectivity index (χ4v) is 3.07. The number of morpholine rings is 1. The van der Waals surface area contributed by atoms with E-state index in [1.54, 1.807) is 6.33 Å². The van der Waals surface area contributed by atoms with Crippen LogP contribution in [0.25, 0.3) is 0 Å². The SMILES string of the molecule is CC(CCNc1cc(N2CCOCC2)ncn1)N(C)Cc1ccccc1. The van der Waals surface area contributed by atoms with E-state index in [9.17, 15) is 0 Å². The second-order valence-corrected chi connectivity index (χ2v) is 6.83. The minimum absolute atomic E-state index is 0.489. The van der Waals surface area contributed by atoms with Crippen molar-refractivity contribution >= 4 is 11.6 Å². The van der Waals surface area contributed by atoms with Crippen LogP contribution in [0.4, 0.5) is 11.6 Å². The topological polar surface area (TPSA) is 53.5 Å². The van der Waals surface area contributed by atoms with Gasteiger partial charge in [-0.2, -0.15) is 0 Å². The molecule has 1 aliphatic rings. The fourth-order valence-electron chi connectivity index (χ4n) is 3.07. The average Bonchev–Trinajstić information content (AvgIpc) is 2.69. The van der Waals surface area contributed by atoms with E-state index in [-0.39, 0.29) is 0 Å². The molecule has 6 heteroatoms. The average molecular weight is 355 g/mol. The van der Waals surface area contributed by atoms with Crippen molar-refractivity contribution in [3.8, 4) is 0 Å². The summed E-state index contributed by atoms with van der Waals surface area (Å²) in [4.78, 5) is 13.4. The highest BCUT2D eigenvalue weighted by Crippen LogP contribution is 2.16. The van der Waals surface area contributed by atoms with Gasteiger partial charge < -0.3 is 15.0 Å². The van der Waals surface area contributed by atoms with Crippen molar-refractivity contribution in [2.45, 2.75) is 25.9 Å². The first-order chi connectivity index (χ1) is 12.7. The van der Waals surface area contributed by atoms with Crippen LogP contribution in [0.15, 0.2) is 42.7 Å². The number of aromatic nitrogens is 2. The number of nitrogens with one attached hydrogen (secondary N) is 1. The van der Waals surface area contributed by atoms with Gasteiger partial charge in [0.25, 0.3) is 0 Å². The highest BCUT2D eigenvalue weighted by atomic mass is 16.5. The summed E-state index contributed by atoms with van der Waals surface area (Å²) in [5.74, 6) is 1.86. The molecule has 0 spiro atoms. The van der Waals surface area contributed by atoms with E-state index in [1.165, 1.54) is 5.56 Å². The summed E-state index contributed by atoms with van der Waals surface area (Å²) in [5, 5.41) is 3.44. The van der Waals surface area contributed by atoms with E-state index in [4.69, 9.17) is 4.74 Å². The van der Waals surface area contributed by atoms with E-state index < -0.39 is 0 Å². The van der Waals surface area contributed by atoms with E-state index in [0.717, 1.165) is 57.4 Å². The molecule has 1 aromatic carbocycles. The standard InChI is InChI=1S/C20H29N5O/c1-17(24(2)15-18-6-4-3-5-7-18)8-9-21-19-14-20(23-16-22-19)25-10-12-26-13-11-25/h3-7,14,16-17H,8-13,15H2,1-2H3,(H,21,22,23). The Morgan fingerprint density at radius 2 is 1.96 bits per heavy atom. The normalized spacial score (nSPS) is 15.9. The zero-order valence-corrected chi connectivity index (χ0v) is 15.8. The Hall–Kier alpha value is -2.18. The van der Waals surface area contributed by atoms with E-state index in [2.05, 4.69) is 69.4 Å². The molecule has 26 heavy (non-hydrogen) atoms. The summed E-state index contributed by atoms with van der Waals surface area (Å²) in [6.07, 6.45) is 2.69. The molecule has 1 saturated heterocycles. The predicted molar refractivity (Wildman–Crippen MR) is 106 cm³/mol. The third kappa shape index (κ3) is 5.41. The second kappa shape index (κ2) is 9.50. The number of ether oxygens (including phenoxy) is 1. The van der Waals surface area contributed by atoms with Gasteiger partial charge >= 0.3 is 0 Å². The molecule has 3 rings (SSSR count). The van der Waals surface area contributed by atoms with Gasteiger partial charge in [0.1, 0.15) is 18.0 Å². The zero-order valence-electron chi connectivity index (χ0n) is 15.8. The van der Waals surface area contributed by atoms with Crippen molar-refractivity contribution in [2.75, 3.05) is 50.1 Å². The van der Waals surface area contributed by atoms with Crippen molar-refractivity contribution in [1.29, 1.82) is 0 Å². The quantitative estimate of drug-likeness (QED) is 0.786. The maximum atomic E-state index is 5.40. The molecule has 0 bridgehead atoms. The minimum atomic E-state index is 0.489. The summed E-state index contributed by atoms with van der Waals surface area (Å²) in [7, 11) is 2.18. The van der Waals surface area contributed by atoms with Gasteiger partial charge in [-0.15, -0.1) is 0 Å². The molecule has 140 valence electrons. The summed E-state index contributed by atoms with van der Waals surface area (Å²) in [5.41, 5.74) is 1.35. The van der Waals surface area contributed by atoms with Gasteiger partial charge in [0.05, 0.1) is 13.2 Å². The Bertz CT molecular complexity index is 660. The molecule has 0 saturated carbocycles. The van der Waals surface area contributed by atoms with Crippen LogP contribution in [0.3, 0.4) is 0 Å². The monoisotopic (exact) mass is 355 g/mol. The molecule has 2 heterocycles. The minimum Gasteiger partial charge on any atom is -0.378 e. The van der Waals surface area contributed by atoms with Crippen LogP contribution >= 0.6 is 0 Å². The van der Waals surface area contributed by atoms with Crippen molar-refractivity contribution in [1.82, 2.24) is 14.9 Å². The van der Waals surface area contributed by atoms with Gasteiger partial charge in [0.2, 0.25) is 0 Å². The van der Waals surface area contributed by atoms with Crippen molar-refractivity contribution in [3.05, 3.63) is 48.3 Å². The number of nitrogens with zero attached hydrogens (tertiary/aromatic N) is 4. The molecule has 0 amide bonds. The molecule has 1 N–H and O–H groups in total. The maximum absolute atomic E-state index is 5.40. The lowest BCUT2D eigenvalue weighted by Crippen LogP contribution is -2.36. The summed E-state index contributed by atoms with van der Waals surface area (Å²) in [6.45, 7) is 7.42. The maximum Gasteiger partial charge on any atom is 0.134 e. The van der Waals surface area contributed by atoms with Crippen LogP contribution in [0.2, 0.25) is 0 Å². The van der Waals surface area contributed by atoms with Gasteiger partial charge in [0.15, 0.2) is 0 Å². The summed E-state index contributed by atoms with van der Waals surface area (Å²) in [6, 6.07) is 13.1.